The van der Waals surface area contributed by atoms with Crippen LogP contribution in [0.2, 0.25) is 0 Å². The largest absolute Gasteiger partial charge is 0.419 e. The van der Waals surface area contributed by atoms with Gasteiger partial charge in [0.05, 0.1) is 29.2 Å². The monoisotopic (exact) mass is 555 g/mol. The summed E-state index contributed by atoms with van der Waals surface area (Å²) in [6, 6.07) is 7.64. The number of Topliss-reactive ketones (excluding diaryl/α,β-unsaturated/α-hetero) is 1. The maximum Gasteiger partial charge on any atom is 0.419 e. The molecule has 9 nitrogen and oxygen atoms in total. The van der Waals surface area contributed by atoms with Crippen molar-refractivity contribution in [1.82, 2.24) is 20.1 Å². The molecule has 202 valence electrons. The van der Waals surface area contributed by atoms with Crippen LogP contribution in [-0.4, -0.2) is 50.6 Å². The predicted octanol–water partition coefficient (Wildman–Crippen LogP) is 3.49. The van der Waals surface area contributed by atoms with Gasteiger partial charge in [-0.3, -0.25) is 19.2 Å². The van der Waals surface area contributed by atoms with Crippen molar-refractivity contribution in [2.75, 3.05) is 22.9 Å². The Balaban J connectivity index is 1.38. The normalized spacial score (nSPS) is 24.0. The molecule has 13 heteroatoms. The number of thiol groups is 1. The molecule has 39 heavy (non-hydrogen) atoms. The topological polar surface area (TPSA) is 107 Å². The summed E-state index contributed by atoms with van der Waals surface area (Å²) >= 11 is 4.63. The van der Waals surface area contributed by atoms with Crippen molar-refractivity contribution in [3.05, 3.63) is 47.9 Å². The summed E-state index contributed by atoms with van der Waals surface area (Å²) in [6.45, 7) is 2.74. The maximum atomic E-state index is 13.7. The molecule has 2 aliphatic heterocycles. The molecule has 1 spiro atoms. The highest BCUT2D eigenvalue weighted by atomic mass is 32.1. The molecule has 2 saturated heterocycles. The number of nitrogens with zero attached hydrogens (tertiary/aromatic N) is 6. The van der Waals surface area contributed by atoms with Crippen LogP contribution in [0.25, 0.3) is 10.9 Å². The third-order valence-corrected chi connectivity index (χ3v) is 8.44. The van der Waals surface area contributed by atoms with Crippen LogP contribution >= 0.6 is 12.6 Å². The van der Waals surface area contributed by atoms with E-state index in [9.17, 15) is 22.8 Å². The van der Waals surface area contributed by atoms with Crippen LogP contribution in [0.4, 0.5) is 24.5 Å². The van der Waals surface area contributed by atoms with Crippen molar-refractivity contribution in [2.24, 2.45) is 5.92 Å². The van der Waals surface area contributed by atoms with Crippen molar-refractivity contribution in [3.8, 4) is 6.07 Å². The number of nitriles is 1. The Labute approximate surface area is 227 Å². The molecule has 6 rings (SSSR count). The smallest absolute Gasteiger partial charge is 0.321 e. The van der Waals surface area contributed by atoms with Gasteiger partial charge in [-0.15, -0.1) is 12.6 Å². The van der Waals surface area contributed by atoms with E-state index in [1.165, 1.54) is 6.07 Å². The van der Waals surface area contributed by atoms with Gasteiger partial charge >= 0.3 is 6.18 Å². The van der Waals surface area contributed by atoms with Gasteiger partial charge in [-0.2, -0.15) is 23.5 Å². The van der Waals surface area contributed by atoms with Gasteiger partial charge in [0, 0.05) is 24.0 Å². The first kappa shape index (κ1) is 25.6. The predicted molar refractivity (Wildman–Crippen MR) is 139 cm³/mol. The van der Waals surface area contributed by atoms with E-state index in [1.807, 2.05) is 16.8 Å². The minimum Gasteiger partial charge on any atom is -0.321 e. The number of rotatable bonds is 4. The van der Waals surface area contributed by atoms with Crippen LogP contribution in [0.3, 0.4) is 0 Å². The molecule has 1 saturated carbocycles. The molecule has 2 unspecified atom stereocenters. The SMILES string of the molecule is N#Cc1ncc(N2C(=O)C3(CCC3=O)N(c3ccc4c(cnn4CC4CCNCC4)c3)C2S)cc1C(F)(F)F. The highest BCUT2D eigenvalue weighted by Crippen LogP contribution is 2.49. The zero-order valence-corrected chi connectivity index (χ0v) is 21.5. The number of ketones is 1. The number of pyridine rings is 1. The average Bonchev–Trinajstić information content (AvgIpc) is 3.43. The van der Waals surface area contributed by atoms with Gasteiger partial charge in [-0.25, -0.2) is 4.98 Å². The van der Waals surface area contributed by atoms with E-state index >= 15 is 0 Å². The lowest BCUT2D eigenvalue weighted by atomic mass is 9.73. The zero-order chi connectivity index (χ0) is 27.5. The number of halogens is 3. The number of carbonyl (C=O) groups excluding carboxylic acids is 2. The van der Waals surface area contributed by atoms with Gasteiger partial charge in [-0.1, -0.05) is 0 Å². The van der Waals surface area contributed by atoms with Crippen molar-refractivity contribution >= 4 is 46.6 Å². The molecule has 4 heterocycles. The molecule has 1 aromatic carbocycles. The second kappa shape index (κ2) is 9.24. The van der Waals surface area contributed by atoms with Gasteiger partial charge in [-0.05, 0) is 62.5 Å². The molecule has 1 amide bonds. The molecular formula is C26H24F3N7O2S. The number of piperidine rings is 1. The van der Waals surface area contributed by atoms with Crippen LogP contribution in [0.1, 0.15) is 36.9 Å². The Hall–Kier alpha value is -3.63. The van der Waals surface area contributed by atoms with Crippen LogP contribution in [0, 0.1) is 17.2 Å². The summed E-state index contributed by atoms with van der Waals surface area (Å²) in [5.41, 5.74) is -3.46. The van der Waals surface area contributed by atoms with E-state index in [0.717, 1.165) is 54.5 Å². The summed E-state index contributed by atoms with van der Waals surface area (Å²) in [7, 11) is 0. The lowest BCUT2D eigenvalue weighted by Crippen LogP contribution is -2.62. The number of fused-ring (bicyclic) bond motifs is 1. The first-order chi connectivity index (χ1) is 18.6. The summed E-state index contributed by atoms with van der Waals surface area (Å²) in [5, 5.41) is 17.8. The van der Waals surface area contributed by atoms with E-state index in [1.54, 1.807) is 17.2 Å². The van der Waals surface area contributed by atoms with E-state index < -0.39 is 34.4 Å². The van der Waals surface area contributed by atoms with Crippen molar-refractivity contribution in [1.29, 1.82) is 5.26 Å². The number of benzene rings is 1. The maximum absolute atomic E-state index is 13.7. The molecule has 3 aromatic rings. The van der Waals surface area contributed by atoms with Crippen LogP contribution in [-0.2, 0) is 22.3 Å². The lowest BCUT2D eigenvalue weighted by Gasteiger charge is -2.42. The van der Waals surface area contributed by atoms with Crippen molar-refractivity contribution < 1.29 is 22.8 Å². The number of amides is 1. The summed E-state index contributed by atoms with van der Waals surface area (Å²) in [4.78, 5) is 33.0. The average molecular weight is 556 g/mol. The van der Waals surface area contributed by atoms with Gasteiger partial charge in [0.1, 0.15) is 6.07 Å². The Kier molecular flexibility index (Phi) is 6.07. The van der Waals surface area contributed by atoms with Crippen LogP contribution < -0.4 is 15.1 Å². The number of hydrogen-bond acceptors (Lipinski definition) is 8. The highest BCUT2D eigenvalue weighted by molar-refractivity contribution is 7.81. The van der Waals surface area contributed by atoms with E-state index in [2.05, 4.69) is 28.0 Å². The summed E-state index contributed by atoms with van der Waals surface area (Å²) < 4.78 is 42.9. The highest BCUT2D eigenvalue weighted by Gasteiger charge is 2.66. The fourth-order valence-corrected chi connectivity index (χ4v) is 6.41. The number of carbonyl (C=O) groups is 2. The first-order valence-electron chi connectivity index (χ1n) is 12.6. The standard InChI is InChI=1S/C26H24F3N7O2S/c27-26(28,29)19-10-18(13-32-20(19)11-30)35-23(38)25(6-3-22(25)37)36(24(35)39)17-1-2-21-16(9-17)12-33-34(21)14-15-4-7-31-8-5-15/h1-2,9-10,12-13,15,24,31,39H,3-8,14H2. The Morgan fingerprint density at radius 2 is 1.92 bits per heavy atom. The Morgan fingerprint density at radius 3 is 2.56 bits per heavy atom. The molecule has 2 aromatic heterocycles. The van der Waals surface area contributed by atoms with Crippen LogP contribution in [0.5, 0.6) is 0 Å². The number of alkyl halides is 3. The summed E-state index contributed by atoms with van der Waals surface area (Å²) in [6.07, 6.45) is 0.427. The van der Waals surface area contributed by atoms with Gasteiger partial charge in [0.25, 0.3) is 5.91 Å². The molecule has 0 bridgehead atoms. The minimum atomic E-state index is -4.86. The van der Waals surface area contributed by atoms with Crippen LogP contribution in [0.15, 0.2) is 36.7 Å². The lowest BCUT2D eigenvalue weighted by molar-refractivity contribution is -0.140. The van der Waals surface area contributed by atoms with Gasteiger partial charge in [0.15, 0.2) is 22.5 Å². The Bertz CT molecular complexity index is 1530. The second-order valence-electron chi connectivity index (χ2n) is 10.1. The minimum absolute atomic E-state index is 0.173. The van der Waals surface area contributed by atoms with Gasteiger partial charge in [0.2, 0.25) is 0 Å². The van der Waals surface area contributed by atoms with E-state index in [-0.39, 0.29) is 24.3 Å². The number of hydrogen-bond donors (Lipinski definition) is 2. The number of nitrogens with one attached hydrogen (secondary N) is 1. The zero-order valence-electron chi connectivity index (χ0n) is 20.6. The van der Waals surface area contributed by atoms with E-state index in [0.29, 0.717) is 17.7 Å². The number of aromatic nitrogens is 3. The number of anilines is 2. The third kappa shape index (κ3) is 3.96. The fraction of sp³-hybridized carbons (Fsp3) is 0.423. The first-order valence-corrected chi connectivity index (χ1v) is 13.1. The molecule has 3 fully saturated rings. The van der Waals surface area contributed by atoms with Crippen molar-refractivity contribution in [3.63, 3.8) is 0 Å². The van der Waals surface area contributed by atoms with Crippen molar-refractivity contribution in [2.45, 2.75) is 49.4 Å². The molecule has 1 aliphatic carbocycles. The second-order valence-corrected chi connectivity index (χ2v) is 10.6. The Morgan fingerprint density at radius 1 is 1.15 bits per heavy atom. The van der Waals surface area contributed by atoms with E-state index in [4.69, 9.17) is 5.26 Å². The fourth-order valence-electron chi connectivity index (χ4n) is 5.84. The summed E-state index contributed by atoms with van der Waals surface area (Å²) in [5.74, 6) is -0.479. The molecule has 3 aliphatic rings. The molecule has 0 radical (unpaired) electrons. The molecular weight excluding hydrogens is 531 g/mol. The van der Waals surface area contributed by atoms with Gasteiger partial charge < -0.3 is 10.2 Å². The molecule has 2 atom stereocenters. The third-order valence-electron chi connectivity index (χ3n) is 7.98. The quantitative estimate of drug-likeness (QED) is 0.375. The molecule has 1 N–H and O–H groups in total.